The molecule has 2 aromatic carbocycles. The second kappa shape index (κ2) is 11.6. The molecule has 1 heterocycles. The number of halogens is 3. The topological polar surface area (TPSA) is 93.4 Å². The van der Waals surface area contributed by atoms with Gasteiger partial charge in [0.05, 0.1) is 23.0 Å². The van der Waals surface area contributed by atoms with Crippen LogP contribution in [0.3, 0.4) is 0 Å². The van der Waals surface area contributed by atoms with E-state index in [9.17, 15) is 9.59 Å². The van der Waals surface area contributed by atoms with E-state index in [2.05, 4.69) is 10.4 Å². The van der Waals surface area contributed by atoms with E-state index in [1.54, 1.807) is 35.0 Å². The first-order valence-electron chi connectivity index (χ1n) is 11.7. The first-order valence-corrected chi connectivity index (χ1v) is 12.8. The highest BCUT2D eigenvalue weighted by Crippen LogP contribution is 2.33. The summed E-state index contributed by atoms with van der Waals surface area (Å²) < 4.78 is 6.99. The van der Waals surface area contributed by atoms with Gasteiger partial charge >= 0.3 is 5.97 Å². The Morgan fingerprint density at radius 2 is 1.78 bits per heavy atom. The smallest absolute Gasteiger partial charge is 0.329 e. The molecule has 3 aromatic rings. The number of hydrogen-bond acceptors (Lipinski definition) is 4. The van der Waals surface area contributed by atoms with Gasteiger partial charge < -0.3 is 15.2 Å². The van der Waals surface area contributed by atoms with Crippen molar-refractivity contribution in [1.29, 1.82) is 0 Å². The minimum absolute atomic E-state index is 0.0332. The minimum atomic E-state index is -1.01. The normalized spacial score (nSPS) is 17.7. The van der Waals surface area contributed by atoms with Gasteiger partial charge in [-0.25, -0.2) is 9.48 Å². The van der Waals surface area contributed by atoms with Crippen molar-refractivity contribution in [3.8, 4) is 16.9 Å². The van der Waals surface area contributed by atoms with Gasteiger partial charge in [0.15, 0.2) is 5.69 Å². The van der Waals surface area contributed by atoms with Crippen molar-refractivity contribution < 1.29 is 19.4 Å². The summed E-state index contributed by atoms with van der Waals surface area (Å²) in [6.45, 7) is 1.77. The molecule has 1 aromatic heterocycles. The van der Waals surface area contributed by atoms with Crippen LogP contribution in [-0.2, 0) is 9.53 Å². The Morgan fingerprint density at radius 1 is 1.08 bits per heavy atom. The molecule has 1 saturated carbocycles. The average molecular weight is 551 g/mol. The number of nitrogens with one attached hydrogen (secondary N) is 1. The third-order valence-corrected chi connectivity index (χ3v) is 7.17. The number of carbonyl (C=O) groups excluding carboxylic acids is 1. The molecule has 190 valence electrons. The number of aliphatic carboxylic acids is 1. The Labute approximate surface area is 224 Å². The van der Waals surface area contributed by atoms with Crippen molar-refractivity contribution in [1.82, 2.24) is 15.1 Å². The van der Waals surface area contributed by atoms with Crippen LogP contribution in [0, 0.1) is 12.8 Å². The van der Waals surface area contributed by atoms with Gasteiger partial charge in [0.2, 0.25) is 0 Å². The second-order valence-corrected chi connectivity index (χ2v) is 10.2. The summed E-state index contributed by atoms with van der Waals surface area (Å²) in [4.78, 5) is 24.3. The number of hydrogen-bond donors (Lipinski definition) is 2. The van der Waals surface area contributed by atoms with Gasteiger partial charge in [0.1, 0.15) is 6.61 Å². The molecule has 1 aliphatic carbocycles. The number of carbonyl (C=O) groups is 2. The summed E-state index contributed by atoms with van der Waals surface area (Å²) in [5.41, 5.74) is 3.10. The lowest BCUT2D eigenvalue weighted by Crippen LogP contribution is -2.44. The van der Waals surface area contributed by atoms with E-state index in [-0.39, 0.29) is 36.8 Å². The maximum atomic E-state index is 13.5. The molecule has 4 rings (SSSR count). The molecule has 0 radical (unpaired) electrons. The number of ether oxygens (including phenoxy) is 1. The maximum absolute atomic E-state index is 13.5. The van der Waals surface area contributed by atoms with Gasteiger partial charge in [-0.3, -0.25) is 4.79 Å². The summed E-state index contributed by atoms with van der Waals surface area (Å²) in [6.07, 6.45) is 3.63. The van der Waals surface area contributed by atoms with Gasteiger partial charge in [-0.1, -0.05) is 59.8 Å². The predicted molar refractivity (Wildman–Crippen MR) is 140 cm³/mol. The van der Waals surface area contributed by atoms with E-state index in [0.717, 1.165) is 31.2 Å². The van der Waals surface area contributed by atoms with Gasteiger partial charge in [-0.05, 0) is 50.1 Å². The Morgan fingerprint density at radius 3 is 2.47 bits per heavy atom. The van der Waals surface area contributed by atoms with Crippen molar-refractivity contribution in [3.63, 3.8) is 0 Å². The highest BCUT2D eigenvalue weighted by molar-refractivity contribution is 6.35. The Kier molecular flexibility index (Phi) is 8.57. The van der Waals surface area contributed by atoms with E-state index in [0.29, 0.717) is 32.0 Å². The molecular formula is C26H26Cl3N3O4. The predicted octanol–water partition coefficient (Wildman–Crippen LogP) is 6.20. The summed E-state index contributed by atoms with van der Waals surface area (Å²) in [6, 6.07) is 12.3. The van der Waals surface area contributed by atoms with Crippen LogP contribution in [-0.4, -0.2) is 46.0 Å². The van der Waals surface area contributed by atoms with Gasteiger partial charge in [0.25, 0.3) is 5.91 Å². The molecule has 0 bridgehead atoms. The van der Waals surface area contributed by atoms with E-state index in [4.69, 9.17) is 44.6 Å². The molecule has 1 aliphatic rings. The molecule has 0 saturated heterocycles. The number of rotatable bonds is 8. The van der Waals surface area contributed by atoms with Crippen LogP contribution in [0.2, 0.25) is 15.1 Å². The monoisotopic (exact) mass is 549 g/mol. The van der Waals surface area contributed by atoms with Crippen LogP contribution in [0.4, 0.5) is 0 Å². The molecule has 2 unspecified atom stereocenters. The lowest BCUT2D eigenvalue weighted by molar-refractivity contribution is -0.142. The van der Waals surface area contributed by atoms with Crippen molar-refractivity contribution >= 4 is 46.7 Å². The first kappa shape index (κ1) is 26.5. The Bertz CT molecular complexity index is 1260. The number of amides is 1. The Balaban J connectivity index is 1.67. The molecule has 0 spiro atoms. The van der Waals surface area contributed by atoms with Crippen molar-refractivity contribution in [2.45, 2.75) is 38.6 Å². The molecule has 1 fully saturated rings. The Hall–Kier alpha value is -2.58. The molecule has 2 atom stereocenters. The molecular weight excluding hydrogens is 525 g/mol. The van der Waals surface area contributed by atoms with Crippen LogP contribution in [0.15, 0.2) is 42.5 Å². The van der Waals surface area contributed by atoms with E-state index >= 15 is 0 Å². The highest BCUT2D eigenvalue weighted by Gasteiger charge is 2.30. The zero-order chi connectivity index (χ0) is 25.8. The zero-order valence-electron chi connectivity index (χ0n) is 19.6. The zero-order valence-corrected chi connectivity index (χ0v) is 21.9. The minimum Gasteiger partial charge on any atom is -0.480 e. The fourth-order valence-corrected chi connectivity index (χ4v) is 5.23. The van der Waals surface area contributed by atoms with Crippen molar-refractivity contribution in [2.75, 3.05) is 13.2 Å². The summed E-state index contributed by atoms with van der Waals surface area (Å²) in [5, 5.41) is 18.2. The number of carboxylic acid groups (broad SMARTS) is 1. The third kappa shape index (κ3) is 6.03. The molecule has 36 heavy (non-hydrogen) atoms. The second-order valence-electron chi connectivity index (χ2n) is 8.87. The summed E-state index contributed by atoms with van der Waals surface area (Å²) in [5.74, 6) is -1.28. The quantitative estimate of drug-likeness (QED) is 0.348. The number of aromatic nitrogens is 2. The number of carboxylic acids is 1. The summed E-state index contributed by atoms with van der Waals surface area (Å²) >= 11 is 18.7. The van der Waals surface area contributed by atoms with Crippen LogP contribution in [0.25, 0.3) is 16.9 Å². The lowest BCUT2D eigenvalue weighted by atomic mass is 9.85. The van der Waals surface area contributed by atoms with E-state index in [1.165, 1.54) is 0 Å². The lowest BCUT2D eigenvalue weighted by Gasteiger charge is -2.31. The molecule has 0 aliphatic heterocycles. The number of nitrogens with zero attached hydrogens (tertiary/aromatic N) is 2. The van der Waals surface area contributed by atoms with Gasteiger partial charge in [0, 0.05) is 33.1 Å². The molecule has 10 heteroatoms. The fraction of sp³-hybridized carbons (Fsp3) is 0.346. The first-order chi connectivity index (χ1) is 17.2. The molecule has 1 amide bonds. The number of benzene rings is 2. The highest BCUT2D eigenvalue weighted by atomic mass is 35.5. The largest absolute Gasteiger partial charge is 0.480 e. The van der Waals surface area contributed by atoms with Crippen LogP contribution >= 0.6 is 34.8 Å². The summed E-state index contributed by atoms with van der Waals surface area (Å²) in [7, 11) is 0. The van der Waals surface area contributed by atoms with Crippen molar-refractivity contribution in [3.05, 3.63) is 68.8 Å². The van der Waals surface area contributed by atoms with Gasteiger partial charge in [-0.15, -0.1) is 0 Å². The van der Waals surface area contributed by atoms with E-state index in [1.807, 2.05) is 19.1 Å². The standard InChI is InChI=1S/C26H26Cl3N3O4/c1-15-24(26(35)30-21-5-3-2-4-17(21)13-36-14-23(33)34)31-32(22-11-10-19(28)12-20(22)29)25(15)16-6-8-18(27)9-7-16/h6-12,17,21H,2-5,13-14H2,1H3,(H,30,35)(H,33,34). The molecule has 2 N–H and O–H groups in total. The SMILES string of the molecule is Cc1c(C(=O)NC2CCCCC2COCC(=O)O)nn(-c2ccc(Cl)cc2Cl)c1-c1ccc(Cl)cc1. The molecule has 7 nitrogen and oxygen atoms in total. The fourth-order valence-electron chi connectivity index (χ4n) is 4.62. The van der Waals surface area contributed by atoms with Crippen LogP contribution in [0.5, 0.6) is 0 Å². The third-order valence-electron chi connectivity index (χ3n) is 6.38. The van der Waals surface area contributed by atoms with Gasteiger partial charge in [-0.2, -0.15) is 5.10 Å². The van der Waals surface area contributed by atoms with Crippen molar-refractivity contribution in [2.24, 2.45) is 5.92 Å². The van der Waals surface area contributed by atoms with Crippen LogP contribution < -0.4 is 5.32 Å². The van der Waals surface area contributed by atoms with E-state index < -0.39 is 5.97 Å². The maximum Gasteiger partial charge on any atom is 0.329 e. The van der Waals surface area contributed by atoms with Crippen LogP contribution in [0.1, 0.15) is 41.7 Å². The average Bonchev–Trinajstić information content (AvgIpc) is 3.17.